The third kappa shape index (κ3) is 5.17. The average molecular weight is 629 g/mol. The maximum absolute atomic E-state index is 2.60. The van der Waals surface area contributed by atoms with E-state index in [4.69, 9.17) is 0 Å². The molecule has 8 rings (SSSR count). The number of allylic oxidation sites excluding steroid dienone is 4. The molecule has 1 heteroatoms. The molecular weight excluding hydrogens is 585 g/mol. The van der Waals surface area contributed by atoms with Crippen LogP contribution in [0.15, 0.2) is 169 Å². The highest BCUT2D eigenvalue weighted by Crippen LogP contribution is 2.85. The summed E-state index contributed by atoms with van der Waals surface area (Å²) in [6, 6.07) is 57.4. The van der Waals surface area contributed by atoms with Gasteiger partial charge in [0.2, 0.25) is 0 Å². The molecule has 4 atom stereocenters. The van der Waals surface area contributed by atoms with Crippen LogP contribution < -0.4 is 0 Å². The zero-order valence-electron chi connectivity index (χ0n) is 27.3. The van der Waals surface area contributed by atoms with Gasteiger partial charge in [-0.15, -0.1) is 0 Å². The molecule has 0 amide bonds. The second-order valence-corrected chi connectivity index (χ2v) is 16.7. The van der Waals surface area contributed by atoms with Crippen molar-refractivity contribution in [2.24, 2.45) is 17.8 Å². The number of unbranched alkanes of at least 4 members (excludes halogenated alkanes) is 1. The molecule has 234 valence electrons. The van der Waals surface area contributed by atoms with Crippen molar-refractivity contribution < 1.29 is 0 Å². The van der Waals surface area contributed by atoms with E-state index in [9.17, 15) is 0 Å². The molecule has 1 heterocycles. The summed E-state index contributed by atoms with van der Waals surface area (Å²) in [5, 5.41) is 0.509. The lowest BCUT2D eigenvalue weighted by atomic mass is 9.88. The number of benzene rings is 5. The predicted molar refractivity (Wildman–Crippen MR) is 204 cm³/mol. The fourth-order valence-electron chi connectivity index (χ4n) is 8.91. The lowest BCUT2D eigenvalue weighted by molar-refractivity contribution is 0.408. The molecule has 0 saturated heterocycles. The minimum absolute atomic E-state index is 0.509. The summed E-state index contributed by atoms with van der Waals surface area (Å²) in [6.07, 6.45) is 11.5. The normalized spacial score (nSPS) is 22.5. The van der Waals surface area contributed by atoms with E-state index in [1.807, 2.05) is 0 Å². The van der Waals surface area contributed by atoms with Crippen LogP contribution in [0.4, 0.5) is 0 Å². The van der Waals surface area contributed by atoms with E-state index in [0.29, 0.717) is 17.1 Å². The number of rotatable bonds is 10. The van der Waals surface area contributed by atoms with Crippen molar-refractivity contribution in [1.82, 2.24) is 0 Å². The fraction of sp³-hybridized carbons (Fsp3) is 0.217. The zero-order chi connectivity index (χ0) is 31.6. The van der Waals surface area contributed by atoms with Gasteiger partial charge in [0.1, 0.15) is 0 Å². The third-order valence-corrected chi connectivity index (χ3v) is 15.4. The summed E-state index contributed by atoms with van der Waals surface area (Å²) in [7, 11) is -1.82. The van der Waals surface area contributed by atoms with E-state index >= 15 is 0 Å². The first-order valence-corrected chi connectivity index (χ1v) is 19.3. The molecule has 5 aromatic carbocycles. The Bertz CT molecular complexity index is 1800. The second-order valence-electron chi connectivity index (χ2n) is 13.5. The highest BCUT2D eigenvalue weighted by atomic mass is 32.3. The Balaban J connectivity index is 1.59. The van der Waals surface area contributed by atoms with Crippen LogP contribution in [0.5, 0.6) is 0 Å². The molecule has 5 aromatic rings. The van der Waals surface area contributed by atoms with Gasteiger partial charge in [-0.25, -0.2) is 0 Å². The van der Waals surface area contributed by atoms with Crippen LogP contribution in [-0.4, -0.2) is 5.25 Å². The molecule has 0 N–H and O–H groups in total. The summed E-state index contributed by atoms with van der Waals surface area (Å²) in [4.78, 5) is 4.62. The van der Waals surface area contributed by atoms with Crippen LogP contribution in [0.2, 0.25) is 0 Å². The van der Waals surface area contributed by atoms with Gasteiger partial charge in [-0.1, -0.05) is 171 Å². The fourth-order valence-corrected chi connectivity index (χ4v) is 14.6. The highest BCUT2D eigenvalue weighted by molar-refractivity contribution is 8.49. The van der Waals surface area contributed by atoms with Gasteiger partial charge in [0.25, 0.3) is 0 Å². The first-order valence-electron chi connectivity index (χ1n) is 17.6. The predicted octanol–water partition coefficient (Wildman–Crippen LogP) is 12.8. The Hall–Kier alpha value is -4.33. The first-order chi connectivity index (χ1) is 23.3. The van der Waals surface area contributed by atoms with Gasteiger partial charge in [0.15, 0.2) is 0 Å². The van der Waals surface area contributed by atoms with Crippen molar-refractivity contribution in [3.63, 3.8) is 0 Å². The van der Waals surface area contributed by atoms with Crippen molar-refractivity contribution in [2.75, 3.05) is 0 Å². The van der Waals surface area contributed by atoms with Crippen molar-refractivity contribution in [3.8, 4) is 0 Å². The minimum Gasteiger partial charge on any atom is -0.155 e. The summed E-state index contributed by atoms with van der Waals surface area (Å²) in [5.41, 5.74) is 8.19. The van der Waals surface area contributed by atoms with Crippen LogP contribution >= 0.6 is 10.0 Å². The summed E-state index contributed by atoms with van der Waals surface area (Å²) in [5.74, 6) is 2.03. The molecule has 2 bridgehead atoms. The van der Waals surface area contributed by atoms with Gasteiger partial charge in [0, 0.05) is 26.2 Å². The Morgan fingerprint density at radius 2 is 0.979 bits per heavy atom. The van der Waals surface area contributed by atoms with Crippen LogP contribution in [-0.2, 0) is 0 Å². The van der Waals surface area contributed by atoms with Crippen LogP contribution in [0, 0.1) is 17.8 Å². The van der Waals surface area contributed by atoms with E-state index in [1.165, 1.54) is 70.4 Å². The molecule has 0 aromatic heterocycles. The maximum Gasteiger partial charge on any atom is 0.0143 e. The van der Waals surface area contributed by atoms with Crippen molar-refractivity contribution in [2.45, 2.75) is 49.2 Å². The number of hydrogen-bond donors (Lipinski definition) is 0. The van der Waals surface area contributed by atoms with E-state index in [1.54, 1.807) is 9.81 Å². The number of hydrogen-bond acceptors (Lipinski definition) is 0. The van der Waals surface area contributed by atoms with Gasteiger partial charge in [-0.3, -0.25) is 0 Å². The Kier molecular flexibility index (Phi) is 8.34. The van der Waals surface area contributed by atoms with Crippen molar-refractivity contribution >= 4 is 31.0 Å². The lowest BCUT2D eigenvalue weighted by Gasteiger charge is -2.52. The smallest absolute Gasteiger partial charge is 0.0143 e. The second kappa shape index (κ2) is 13.1. The maximum atomic E-state index is 2.60. The third-order valence-electron chi connectivity index (χ3n) is 10.8. The van der Waals surface area contributed by atoms with Crippen LogP contribution in [0.3, 0.4) is 0 Å². The summed E-state index contributed by atoms with van der Waals surface area (Å²) < 4.78 is 0. The summed E-state index contributed by atoms with van der Waals surface area (Å²) >= 11 is 0. The van der Waals surface area contributed by atoms with Crippen molar-refractivity contribution in [3.05, 3.63) is 186 Å². The summed E-state index contributed by atoms with van der Waals surface area (Å²) in [6.45, 7) is 2.38. The van der Waals surface area contributed by atoms with Gasteiger partial charge in [-0.2, -0.15) is 10.0 Å². The van der Waals surface area contributed by atoms with E-state index in [0.717, 1.165) is 5.92 Å². The van der Waals surface area contributed by atoms with E-state index in [-0.39, 0.29) is 0 Å². The van der Waals surface area contributed by atoms with Gasteiger partial charge < -0.3 is 0 Å². The Morgan fingerprint density at radius 3 is 1.38 bits per heavy atom. The standard InChI is InChI=1S/C46H44S/c1-2-3-29-42(41-33-34-30-31-39(41)32-34)47(40-27-17-8-18-28-40)45(37-23-13-6-14-24-37)43(35-19-9-4-10-20-35)44(36-21-11-5-12-22-36)46(47)38-25-15-7-16-26-38/h4-28,30-31,34,39,41-42H,2-3,29,32-33H2,1H3. The molecule has 1 saturated carbocycles. The minimum atomic E-state index is -1.82. The zero-order valence-corrected chi connectivity index (χ0v) is 28.2. The van der Waals surface area contributed by atoms with E-state index in [2.05, 4.69) is 171 Å². The molecule has 0 radical (unpaired) electrons. The molecule has 0 nitrogen and oxygen atoms in total. The molecule has 1 fully saturated rings. The monoisotopic (exact) mass is 628 g/mol. The largest absolute Gasteiger partial charge is 0.155 e. The van der Waals surface area contributed by atoms with Gasteiger partial charge >= 0.3 is 0 Å². The van der Waals surface area contributed by atoms with Gasteiger partial charge in [-0.05, 0) is 76.3 Å². The quantitative estimate of drug-likeness (QED) is 0.135. The molecule has 47 heavy (non-hydrogen) atoms. The average Bonchev–Trinajstić information content (AvgIpc) is 3.87. The van der Waals surface area contributed by atoms with Crippen LogP contribution in [0.1, 0.15) is 61.3 Å². The Labute approximate surface area is 282 Å². The molecule has 4 unspecified atom stereocenters. The van der Waals surface area contributed by atoms with Crippen LogP contribution in [0.25, 0.3) is 21.0 Å². The van der Waals surface area contributed by atoms with Crippen molar-refractivity contribution in [1.29, 1.82) is 0 Å². The number of fused-ring (bicyclic) bond motifs is 2. The molecule has 3 aliphatic rings. The lowest BCUT2D eigenvalue weighted by Crippen LogP contribution is -2.31. The first kappa shape index (κ1) is 30.0. The molecule has 2 aliphatic carbocycles. The Morgan fingerprint density at radius 1 is 0.532 bits per heavy atom. The molecule has 1 aliphatic heterocycles. The molecule has 0 spiro atoms. The van der Waals surface area contributed by atoms with Gasteiger partial charge in [0.05, 0.1) is 0 Å². The highest BCUT2D eigenvalue weighted by Gasteiger charge is 2.54. The topological polar surface area (TPSA) is 0 Å². The van der Waals surface area contributed by atoms with E-state index < -0.39 is 10.0 Å². The SMILES string of the molecule is CCCCC(C1CC2C=CC1C2)S1(c2ccccc2)C(c2ccccc2)=C(c2ccccc2)C(c2ccccc2)=C1c1ccccc1. The molecular formula is C46H44S.